The van der Waals surface area contributed by atoms with Crippen LogP contribution >= 0.6 is 11.3 Å². The summed E-state index contributed by atoms with van der Waals surface area (Å²) in [6, 6.07) is 11.8. The molecule has 0 radical (unpaired) electrons. The summed E-state index contributed by atoms with van der Waals surface area (Å²) < 4.78 is 0. The minimum Gasteiger partial charge on any atom is -0.398 e. The average Bonchev–Trinajstić information content (AvgIpc) is 2.74. The van der Waals surface area contributed by atoms with Gasteiger partial charge in [0.15, 0.2) is 0 Å². The zero-order valence-electron chi connectivity index (χ0n) is 9.13. The van der Waals surface area contributed by atoms with Crippen LogP contribution in [0.25, 0.3) is 10.3 Å². The Labute approximate surface area is 103 Å². The van der Waals surface area contributed by atoms with Crippen LogP contribution in [0.5, 0.6) is 0 Å². The van der Waals surface area contributed by atoms with Crippen molar-refractivity contribution in [1.29, 1.82) is 0 Å². The van der Waals surface area contributed by atoms with Gasteiger partial charge in [0.25, 0.3) is 0 Å². The fraction of sp³-hybridized carbons (Fsp3) is 0.0769. The number of fused-ring (bicyclic) bond motifs is 1. The molecule has 4 heteroatoms. The van der Waals surface area contributed by atoms with Gasteiger partial charge in [0.1, 0.15) is 10.3 Å². The molecule has 0 aliphatic carbocycles. The third kappa shape index (κ3) is 1.99. The van der Waals surface area contributed by atoms with E-state index in [1.54, 1.807) is 17.5 Å². The SMILES string of the molecule is Nc1ccccc1Cc1nc2cccnc2s1. The summed E-state index contributed by atoms with van der Waals surface area (Å²) in [6.07, 6.45) is 2.56. The van der Waals surface area contributed by atoms with Gasteiger partial charge in [-0.3, -0.25) is 0 Å². The second-order valence-electron chi connectivity index (χ2n) is 3.81. The van der Waals surface area contributed by atoms with E-state index >= 15 is 0 Å². The Balaban J connectivity index is 1.98. The third-order valence-corrected chi connectivity index (χ3v) is 3.59. The lowest BCUT2D eigenvalue weighted by Crippen LogP contribution is -1.94. The highest BCUT2D eigenvalue weighted by molar-refractivity contribution is 7.18. The molecule has 0 aliphatic rings. The molecule has 2 N–H and O–H groups in total. The van der Waals surface area contributed by atoms with E-state index in [1.807, 2.05) is 36.4 Å². The van der Waals surface area contributed by atoms with Crippen molar-refractivity contribution >= 4 is 27.4 Å². The van der Waals surface area contributed by atoms with Gasteiger partial charge in [-0.05, 0) is 23.8 Å². The van der Waals surface area contributed by atoms with Crippen LogP contribution in [0.4, 0.5) is 5.69 Å². The number of hydrogen-bond donors (Lipinski definition) is 1. The molecule has 84 valence electrons. The first kappa shape index (κ1) is 10.2. The molecule has 0 bridgehead atoms. The molecule has 1 aromatic carbocycles. The van der Waals surface area contributed by atoms with E-state index in [0.717, 1.165) is 33.0 Å². The first-order valence-corrected chi connectivity index (χ1v) is 6.18. The van der Waals surface area contributed by atoms with Gasteiger partial charge in [-0.1, -0.05) is 29.5 Å². The Morgan fingerprint density at radius 2 is 2.00 bits per heavy atom. The number of anilines is 1. The molecule has 2 aromatic heterocycles. The van der Waals surface area contributed by atoms with Crippen molar-refractivity contribution in [3.05, 3.63) is 53.2 Å². The van der Waals surface area contributed by atoms with Gasteiger partial charge < -0.3 is 5.73 Å². The molecule has 0 atom stereocenters. The maximum Gasteiger partial charge on any atom is 0.143 e. The van der Waals surface area contributed by atoms with Crippen LogP contribution in [0, 0.1) is 0 Å². The van der Waals surface area contributed by atoms with E-state index in [0.29, 0.717) is 0 Å². The zero-order chi connectivity index (χ0) is 11.7. The number of hydrogen-bond acceptors (Lipinski definition) is 4. The van der Waals surface area contributed by atoms with E-state index in [9.17, 15) is 0 Å². The van der Waals surface area contributed by atoms with E-state index in [-0.39, 0.29) is 0 Å². The van der Waals surface area contributed by atoms with Crippen LogP contribution in [0.2, 0.25) is 0 Å². The lowest BCUT2D eigenvalue weighted by Gasteiger charge is -2.01. The Morgan fingerprint density at radius 3 is 2.82 bits per heavy atom. The molecule has 0 unspecified atom stereocenters. The monoisotopic (exact) mass is 241 g/mol. The summed E-state index contributed by atoms with van der Waals surface area (Å²) in [5.41, 5.74) is 8.82. The highest BCUT2D eigenvalue weighted by Gasteiger charge is 2.06. The minimum absolute atomic E-state index is 0.772. The number of para-hydroxylation sites is 1. The summed E-state index contributed by atoms with van der Waals surface area (Å²) in [5, 5.41) is 1.05. The molecule has 0 saturated heterocycles. The van der Waals surface area contributed by atoms with Crippen LogP contribution in [0.3, 0.4) is 0 Å². The number of nitrogen functional groups attached to an aromatic ring is 1. The smallest absolute Gasteiger partial charge is 0.143 e. The molecule has 0 fully saturated rings. The predicted molar refractivity (Wildman–Crippen MR) is 71.1 cm³/mol. The van der Waals surface area contributed by atoms with E-state index in [1.165, 1.54) is 0 Å². The largest absolute Gasteiger partial charge is 0.398 e. The van der Waals surface area contributed by atoms with Crippen molar-refractivity contribution < 1.29 is 0 Å². The van der Waals surface area contributed by atoms with Gasteiger partial charge in [-0.15, -0.1) is 0 Å². The molecular weight excluding hydrogens is 230 g/mol. The second-order valence-corrected chi connectivity index (χ2v) is 4.87. The summed E-state index contributed by atoms with van der Waals surface area (Å²) in [7, 11) is 0. The first-order valence-electron chi connectivity index (χ1n) is 5.37. The Hall–Kier alpha value is -1.94. The van der Waals surface area contributed by atoms with Gasteiger partial charge in [0.2, 0.25) is 0 Å². The number of pyridine rings is 1. The molecule has 0 saturated carbocycles. The van der Waals surface area contributed by atoms with E-state index in [4.69, 9.17) is 5.73 Å². The van der Waals surface area contributed by atoms with Crippen LogP contribution in [-0.2, 0) is 6.42 Å². The Morgan fingerprint density at radius 1 is 1.12 bits per heavy atom. The maximum atomic E-state index is 5.92. The summed E-state index contributed by atoms with van der Waals surface area (Å²) in [5.74, 6) is 0. The van der Waals surface area contributed by atoms with Gasteiger partial charge >= 0.3 is 0 Å². The number of nitrogens with two attached hydrogens (primary N) is 1. The molecule has 3 aromatic rings. The van der Waals surface area contributed by atoms with Crippen molar-refractivity contribution in [2.75, 3.05) is 5.73 Å². The van der Waals surface area contributed by atoms with E-state index < -0.39 is 0 Å². The lowest BCUT2D eigenvalue weighted by atomic mass is 10.1. The third-order valence-electron chi connectivity index (χ3n) is 2.61. The van der Waals surface area contributed by atoms with Crippen molar-refractivity contribution in [2.24, 2.45) is 0 Å². The lowest BCUT2D eigenvalue weighted by molar-refractivity contribution is 1.16. The van der Waals surface area contributed by atoms with Gasteiger partial charge in [-0.25, -0.2) is 9.97 Å². The number of rotatable bonds is 2. The summed E-state index contributed by atoms with van der Waals surface area (Å²) >= 11 is 1.62. The molecule has 2 heterocycles. The van der Waals surface area contributed by atoms with Crippen molar-refractivity contribution in [3.8, 4) is 0 Å². The quantitative estimate of drug-likeness (QED) is 0.702. The maximum absolute atomic E-state index is 5.92. The molecule has 0 spiro atoms. The minimum atomic E-state index is 0.772. The summed E-state index contributed by atoms with van der Waals surface area (Å²) in [6.45, 7) is 0. The van der Waals surface area contributed by atoms with Crippen LogP contribution in [0.15, 0.2) is 42.6 Å². The second kappa shape index (κ2) is 4.14. The fourth-order valence-electron chi connectivity index (χ4n) is 1.75. The topological polar surface area (TPSA) is 51.8 Å². The highest BCUT2D eigenvalue weighted by Crippen LogP contribution is 2.23. The highest BCUT2D eigenvalue weighted by atomic mass is 32.1. The van der Waals surface area contributed by atoms with Crippen LogP contribution < -0.4 is 5.73 Å². The normalized spacial score (nSPS) is 10.8. The molecule has 0 aliphatic heterocycles. The van der Waals surface area contributed by atoms with Gasteiger partial charge in [0.05, 0.1) is 5.01 Å². The fourth-order valence-corrected chi connectivity index (χ4v) is 2.68. The molecule has 0 amide bonds. The Kier molecular flexibility index (Phi) is 2.49. The molecule has 17 heavy (non-hydrogen) atoms. The number of aromatic nitrogens is 2. The van der Waals surface area contributed by atoms with Crippen molar-refractivity contribution in [3.63, 3.8) is 0 Å². The van der Waals surface area contributed by atoms with Crippen molar-refractivity contribution in [2.45, 2.75) is 6.42 Å². The number of benzene rings is 1. The van der Waals surface area contributed by atoms with Crippen LogP contribution in [0.1, 0.15) is 10.6 Å². The van der Waals surface area contributed by atoms with Crippen molar-refractivity contribution in [1.82, 2.24) is 9.97 Å². The van der Waals surface area contributed by atoms with Gasteiger partial charge in [-0.2, -0.15) is 0 Å². The average molecular weight is 241 g/mol. The number of nitrogens with zero attached hydrogens (tertiary/aromatic N) is 2. The molecule has 3 rings (SSSR count). The summed E-state index contributed by atoms with van der Waals surface area (Å²) in [4.78, 5) is 9.82. The van der Waals surface area contributed by atoms with Crippen LogP contribution in [-0.4, -0.2) is 9.97 Å². The van der Waals surface area contributed by atoms with Gasteiger partial charge in [0, 0.05) is 18.3 Å². The number of thiazole rings is 1. The Bertz CT molecular complexity index is 627. The predicted octanol–water partition coefficient (Wildman–Crippen LogP) is 2.86. The molecular formula is C13H11N3S. The van der Waals surface area contributed by atoms with E-state index in [2.05, 4.69) is 9.97 Å². The standard InChI is InChI=1S/C13H11N3S/c14-10-5-2-1-4-9(10)8-12-16-11-6-3-7-15-13(11)17-12/h1-7H,8,14H2. The zero-order valence-corrected chi connectivity index (χ0v) is 9.95. The molecule has 3 nitrogen and oxygen atoms in total. The first-order chi connectivity index (χ1) is 8.33.